The second kappa shape index (κ2) is 13.5. The summed E-state index contributed by atoms with van der Waals surface area (Å²) >= 11 is 0. The van der Waals surface area contributed by atoms with Crippen molar-refractivity contribution in [3.8, 4) is 55.6 Å². The van der Waals surface area contributed by atoms with E-state index in [0.717, 1.165) is 0 Å². The second-order valence-corrected chi connectivity index (χ2v) is 15.2. The summed E-state index contributed by atoms with van der Waals surface area (Å²) in [4.78, 5) is 0. The summed E-state index contributed by atoms with van der Waals surface area (Å²) in [6.45, 7) is 0. The highest BCUT2D eigenvalue weighted by atomic mass is 14.5. The average Bonchev–Trinajstić information content (AvgIpc) is 3.60. The molecule has 0 saturated carbocycles. The van der Waals surface area contributed by atoms with Crippen LogP contribution < -0.4 is 0 Å². The van der Waals surface area contributed by atoms with Gasteiger partial charge in [0.05, 0.1) is 5.41 Å². The molecule has 0 radical (unpaired) electrons. The Morgan fingerprint density at radius 2 is 0.509 bits per heavy atom. The lowest BCUT2D eigenvalue weighted by Crippen LogP contribution is -2.28. The summed E-state index contributed by atoms with van der Waals surface area (Å²) in [7, 11) is 0. The van der Waals surface area contributed by atoms with Crippen LogP contribution in [0.2, 0.25) is 0 Å². The molecule has 0 amide bonds. The van der Waals surface area contributed by atoms with Crippen LogP contribution >= 0.6 is 0 Å². The fraction of sp³-hybridized carbons (Fsp3) is 0.0175. The van der Waals surface area contributed by atoms with E-state index in [1.54, 1.807) is 0 Å². The average molecular weight is 723 g/mol. The first-order chi connectivity index (χ1) is 28.3. The van der Waals surface area contributed by atoms with Gasteiger partial charge in [0.25, 0.3) is 0 Å². The van der Waals surface area contributed by atoms with Gasteiger partial charge in [0.2, 0.25) is 0 Å². The van der Waals surface area contributed by atoms with Gasteiger partial charge in [0.1, 0.15) is 0 Å². The highest BCUT2D eigenvalue weighted by Gasteiger charge is 2.45. The number of hydrogen-bond acceptors (Lipinski definition) is 0. The van der Waals surface area contributed by atoms with E-state index in [9.17, 15) is 0 Å². The van der Waals surface area contributed by atoms with Crippen LogP contribution in [0, 0.1) is 0 Å². The van der Waals surface area contributed by atoms with Crippen LogP contribution in [0.15, 0.2) is 231 Å². The first-order valence-corrected chi connectivity index (χ1v) is 19.8. The number of hydrogen-bond donors (Lipinski definition) is 0. The minimum Gasteiger partial charge on any atom is -0.0619 e. The summed E-state index contributed by atoms with van der Waals surface area (Å²) in [6, 6.07) is 85.0. The van der Waals surface area contributed by atoms with E-state index in [4.69, 9.17) is 0 Å². The lowest BCUT2D eigenvalue weighted by Gasteiger charge is -2.34. The third-order valence-corrected chi connectivity index (χ3v) is 12.2. The normalized spacial score (nSPS) is 12.7. The zero-order valence-electron chi connectivity index (χ0n) is 31.4. The standard InChI is InChI=1S/C57H38/c1-3-15-49-43(11-1)13-9-19-51(49)45-27-23-39(24-28-45)41-31-35-47(36-32-41)57(55-21-7-5-17-53(55)54-18-6-8-22-56(54)57)48-37-33-42(34-38-48)40-25-29-46(30-26-40)52-20-10-14-44-12-2-4-16-50(44)52/h1-38H. The van der Waals surface area contributed by atoms with Crippen molar-refractivity contribution in [1.82, 2.24) is 0 Å². The van der Waals surface area contributed by atoms with E-state index < -0.39 is 5.41 Å². The molecule has 10 aromatic rings. The van der Waals surface area contributed by atoms with Gasteiger partial charge >= 0.3 is 0 Å². The quantitative estimate of drug-likeness (QED) is 0.160. The molecule has 0 unspecified atom stereocenters. The van der Waals surface area contributed by atoms with E-state index in [-0.39, 0.29) is 0 Å². The maximum absolute atomic E-state index is 2.35. The SMILES string of the molecule is c1ccc2c(c1)-c1ccccc1C2(c1ccc(-c2ccc(-c3cccc4ccccc34)cc2)cc1)c1ccc(-c2ccc(-c3cccc4ccccc34)cc2)cc1. The molecule has 0 atom stereocenters. The van der Waals surface area contributed by atoms with Crippen LogP contribution in [0.3, 0.4) is 0 Å². The highest BCUT2D eigenvalue weighted by Crippen LogP contribution is 2.56. The van der Waals surface area contributed by atoms with Gasteiger partial charge in [-0.2, -0.15) is 0 Å². The summed E-state index contributed by atoms with van der Waals surface area (Å²) in [5.41, 5.74) is 17.2. The van der Waals surface area contributed by atoms with Crippen LogP contribution in [0.4, 0.5) is 0 Å². The minimum absolute atomic E-state index is 0.458. The van der Waals surface area contributed by atoms with Crippen LogP contribution in [-0.2, 0) is 5.41 Å². The molecule has 266 valence electrons. The van der Waals surface area contributed by atoms with E-state index in [1.165, 1.54) is 99.4 Å². The fourth-order valence-corrected chi connectivity index (χ4v) is 9.49. The molecular weight excluding hydrogens is 685 g/mol. The molecule has 0 aromatic heterocycles. The van der Waals surface area contributed by atoms with Crippen LogP contribution in [-0.4, -0.2) is 0 Å². The molecule has 0 aliphatic heterocycles. The molecular formula is C57H38. The van der Waals surface area contributed by atoms with Crippen LogP contribution in [0.25, 0.3) is 77.2 Å². The van der Waals surface area contributed by atoms with E-state index >= 15 is 0 Å². The van der Waals surface area contributed by atoms with Crippen molar-refractivity contribution in [3.05, 3.63) is 253 Å². The summed E-state index contributed by atoms with van der Waals surface area (Å²) in [5.74, 6) is 0. The molecule has 0 heterocycles. The zero-order chi connectivity index (χ0) is 37.8. The molecule has 0 saturated heterocycles. The van der Waals surface area contributed by atoms with Crippen molar-refractivity contribution in [2.75, 3.05) is 0 Å². The van der Waals surface area contributed by atoms with E-state index in [1.807, 2.05) is 0 Å². The van der Waals surface area contributed by atoms with Crippen molar-refractivity contribution < 1.29 is 0 Å². The molecule has 0 bridgehead atoms. The molecule has 1 aliphatic rings. The van der Waals surface area contributed by atoms with Gasteiger partial charge in [-0.3, -0.25) is 0 Å². The number of benzene rings is 10. The third-order valence-electron chi connectivity index (χ3n) is 12.2. The Balaban J connectivity index is 0.969. The summed E-state index contributed by atoms with van der Waals surface area (Å²) < 4.78 is 0. The van der Waals surface area contributed by atoms with Crippen molar-refractivity contribution in [3.63, 3.8) is 0 Å². The van der Waals surface area contributed by atoms with Gasteiger partial charge < -0.3 is 0 Å². The second-order valence-electron chi connectivity index (χ2n) is 15.2. The molecule has 0 fully saturated rings. The maximum Gasteiger partial charge on any atom is 0.0713 e. The fourth-order valence-electron chi connectivity index (χ4n) is 9.49. The topological polar surface area (TPSA) is 0 Å². The van der Waals surface area contributed by atoms with Crippen LogP contribution in [0.1, 0.15) is 22.3 Å². The van der Waals surface area contributed by atoms with Crippen molar-refractivity contribution in [2.45, 2.75) is 5.41 Å². The Kier molecular flexibility index (Phi) is 7.83. The maximum atomic E-state index is 2.35. The predicted molar refractivity (Wildman–Crippen MR) is 241 cm³/mol. The monoisotopic (exact) mass is 722 g/mol. The van der Waals surface area contributed by atoms with Crippen molar-refractivity contribution in [1.29, 1.82) is 0 Å². The first-order valence-electron chi connectivity index (χ1n) is 19.8. The third kappa shape index (κ3) is 5.37. The van der Waals surface area contributed by atoms with Gasteiger partial charge in [-0.1, -0.05) is 231 Å². The van der Waals surface area contributed by atoms with Crippen molar-refractivity contribution in [2.24, 2.45) is 0 Å². The van der Waals surface area contributed by atoms with Gasteiger partial charge in [0, 0.05) is 0 Å². The lowest BCUT2D eigenvalue weighted by molar-refractivity contribution is 0.769. The summed E-state index contributed by atoms with van der Waals surface area (Å²) in [6.07, 6.45) is 0. The Labute approximate surface area is 334 Å². The van der Waals surface area contributed by atoms with Gasteiger partial charge in [-0.15, -0.1) is 0 Å². The molecule has 0 nitrogen and oxygen atoms in total. The Morgan fingerprint density at radius 3 is 0.930 bits per heavy atom. The molecule has 1 aliphatic carbocycles. The van der Waals surface area contributed by atoms with E-state index in [0.29, 0.717) is 0 Å². The Morgan fingerprint density at radius 1 is 0.211 bits per heavy atom. The molecule has 0 heteroatoms. The van der Waals surface area contributed by atoms with Crippen LogP contribution in [0.5, 0.6) is 0 Å². The summed E-state index contributed by atoms with van der Waals surface area (Å²) in [5, 5.41) is 5.09. The smallest absolute Gasteiger partial charge is 0.0619 e. The molecule has 57 heavy (non-hydrogen) atoms. The molecule has 0 spiro atoms. The lowest BCUT2D eigenvalue weighted by atomic mass is 9.67. The highest BCUT2D eigenvalue weighted by molar-refractivity contribution is 5.98. The first kappa shape index (κ1) is 33.1. The molecule has 10 aromatic carbocycles. The minimum atomic E-state index is -0.458. The van der Waals surface area contributed by atoms with E-state index in [2.05, 4.69) is 231 Å². The van der Waals surface area contributed by atoms with Gasteiger partial charge in [-0.05, 0) is 99.4 Å². The molecule has 0 N–H and O–H groups in total. The number of rotatable bonds is 6. The van der Waals surface area contributed by atoms with Gasteiger partial charge in [-0.25, -0.2) is 0 Å². The van der Waals surface area contributed by atoms with Crippen molar-refractivity contribution >= 4 is 21.5 Å². The largest absolute Gasteiger partial charge is 0.0713 e. The number of fused-ring (bicyclic) bond motifs is 5. The molecule has 11 rings (SSSR count). The Bertz CT molecular complexity index is 2850. The zero-order valence-corrected chi connectivity index (χ0v) is 31.4. The predicted octanol–water partition coefficient (Wildman–Crippen LogP) is 15.0. The Hall–Kier alpha value is -7.28. The van der Waals surface area contributed by atoms with Gasteiger partial charge in [0.15, 0.2) is 0 Å².